The lowest BCUT2D eigenvalue weighted by atomic mass is 10.3. The Kier molecular flexibility index (Phi) is 7.08. The van der Waals surface area contributed by atoms with Gasteiger partial charge in [-0.2, -0.15) is 0 Å². The summed E-state index contributed by atoms with van der Waals surface area (Å²) in [6, 6.07) is 11.9. The molecule has 0 bridgehead atoms. The highest BCUT2D eigenvalue weighted by atomic mass is 79.9. The normalized spacial score (nSPS) is 10.7. The molecule has 1 aromatic heterocycles. The first-order valence-electron chi connectivity index (χ1n) is 6.54. The number of para-hydroxylation sites is 1. The summed E-state index contributed by atoms with van der Waals surface area (Å²) in [5, 5.41) is 5.44. The van der Waals surface area contributed by atoms with Crippen molar-refractivity contribution in [1.29, 1.82) is 0 Å². The molecule has 1 heterocycles. The Morgan fingerprint density at radius 1 is 1.10 bits per heavy atom. The second-order valence-corrected chi connectivity index (χ2v) is 6.09. The monoisotopic (exact) mass is 355 g/mol. The molecule has 2 rings (SSSR count). The standard InChI is InChI=1S/C15H18BrNO2S/c16-13-10-15(20-12-13)11-17-6-7-18-8-9-19-14-4-2-1-3-5-14/h1-5,10,12,17H,6-9,11H2. The predicted octanol–water partition coefficient (Wildman–Crippen LogP) is 3.70. The SMILES string of the molecule is Brc1csc(CNCCOCCOc2ccccc2)c1. The molecule has 108 valence electrons. The molecule has 2 aromatic rings. The number of halogens is 1. The Labute approximate surface area is 132 Å². The summed E-state index contributed by atoms with van der Waals surface area (Å²) in [5.41, 5.74) is 0. The average molecular weight is 356 g/mol. The van der Waals surface area contributed by atoms with Crippen LogP contribution in [-0.2, 0) is 11.3 Å². The number of hydrogen-bond acceptors (Lipinski definition) is 4. The smallest absolute Gasteiger partial charge is 0.119 e. The minimum atomic E-state index is 0.585. The fourth-order valence-corrected chi connectivity index (χ4v) is 3.06. The van der Waals surface area contributed by atoms with Crippen LogP contribution in [0.4, 0.5) is 0 Å². The van der Waals surface area contributed by atoms with Crippen molar-refractivity contribution >= 4 is 27.3 Å². The van der Waals surface area contributed by atoms with Crippen molar-refractivity contribution in [3.05, 3.63) is 51.1 Å². The van der Waals surface area contributed by atoms with E-state index in [-0.39, 0.29) is 0 Å². The van der Waals surface area contributed by atoms with Gasteiger partial charge in [0.2, 0.25) is 0 Å². The number of hydrogen-bond donors (Lipinski definition) is 1. The molecule has 0 unspecified atom stereocenters. The van der Waals surface area contributed by atoms with Crippen LogP contribution in [-0.4, -0.2) is 26.4 Å². The topological polar surface area (TPSA) is 30.5 Å². The molecule has 0 atom stereocenters. The first-order valence-corrected chi connectivity index (χ1v) is 8.21. The molecule has 1 N–H and O–H groups in total. The lowest BCUT2D eigenvalue weighted by molar-refractivity contribution is 0.102. The van der Waals surface area contributed by atoms with Crippen molar-refractivity contribution in [1.82, 2.24) is 5.32 Å². The van der Waals surface area contributed by atoms with E-state index in [1.54, 1.807) is 11.3 Å². The average Bonchev–Trinajstić information content (AvgIpc) is 2.88. The Hall–Kier alpha value is -0.880. The minimum absolute atomic E-state index is 0.585. The van der Waals surface area contributed by atoms with Gasteiger partial charge in [0.15, 0.2) is 0 Å². The Balaban J connectivity index is 1.44. The maximum Gasteiger partial charge on any atom is 0.119 e. The van der Waals surface area contributed by atoms with Crippen molar-refractivity contribution in [3.8, 4) is 5.75 Å². The van der Waals surface area contributed by atoms with Gasteiger partial charge in [-0.3, -0.25) is 0 Å². The van der Waals surface area contributed by atoms with Gasteiger partial charge in [0.1, 0.15) is 12.4 Å². The molecular formula is C15H18BrNO2S. The van der Waals surface area contributed by atoms with Gasteiger partial charge in [0.05, 0.1) is 13.2 Å². The van der Waals surface area contributed by atoms with Crippen LogP contribution in [0.2, 0.25) is 0 Å². The minimum Gasteiger partial charge on any atom is -0.491 e. The van der Waals surface area contributed by atoms with E-state index in [0.717, 1.165) is 23.3 Å². The third-order valence-corrected chi connectivity index (χ3v) is 4.28. The molecule has 3 nitrogen and oxygen atoms in total. The number of benzene rings is 1. The molecule has 1 aromatic carbocycles. The van der Waals surface area contributed by atoms with Crippen molar-refractivity contribution in [2.24, 2.45) is 0 Å². The maximum absolute atomic E-state index is 5.54. The number of nitrogens with one attached hydrogen (secondary N) is 1. The van der Waals surface area contributed by atoms with Crippen LogP contribution in [0, 0.1) is 0 Å². The summed E-state index contributed by atoms with van der Waals surface area (Å²) < 4.78 is 12.2. The third kappa shape index (κ3) is 6.05. The highest BCUT2D eigenvalue weighted by Crippen LogP contribution is 2.19. The quantitative estimate of drug-likeness (QED) is 0.695. The maximum atomic E-state index is 5.54. The van der Waals surface area contributed by atoms with Gasteiger partial charge in [-0.15, -0.1) is 11.3 Å². The Morgan fingerprint density at radius 2 is 1.95 bits per heavy atom. The van der Waals surface area contributed by atoms with Gasteiger partial charge in [-0.1, -0.05) is 18.2 Å². The van der Waals surface area contributed by atoms with Crippen LogP contribution in [0.1, 0.15) is 4.88 Å². The molecule has 0 saturated carbocycles. The Morgan fingerprint density at radius 3 is 2.70 bits per heavy atom. The van der Waals surface area contributed by atoms with E-state index in [4.69, 9.17) is 9.47 Å². The molecule has 0 aliphatic carbocycles. The van der Waals surface area contributed by atoms with Gasteiger partial charge in [-0.05, 0) is 34.1 Å². The fraction of sp³-hybridized carbons (Fsp3) is 0.333. The van der Waals surface area contributed by atoms with Crippen LogP contribution in [0.5, 0.6) is 5.75 Å². The molecule has 0 aliphatic heterocycles. The van der Waals surface area contributed by atoms with Crippen LogP contribution in [0.15, 0.2) is 46.3 Å². The third-order valence-electron chi connectivity index (χ3n) is 2.58. The van der Waals surface area contributed by atoms with Crippen LogP contribution in [0.25, 0.3) is 0 Å². The molecule has 0 fully saturated rings. The molecule has 0 radical (unpaired) electrons. The van der Waals surface area contributed by atoms with Gasteiger partial charge < -0.3 is 14.8 Å². The zero-order valence-electron chi connectivity index (χ0n) is 11.2. The molecule has 5 heteroatoms. The lowest BCUT2D eigenvalue weighted by Crippen LogP contribution is -2.20. The van der Waals surface area contributed by atoms with Gasteiger partial charge >= 0.3 is 0 Å². The van der Waals surface area contributed by atoms with Crippen LogP contribution in [0.3, 0.4) is 0 Å². The number of thiophene rings is 1. The molecule has 0 amide bonds. The first-order chi connectivity index (χ1) is 9.84. The van der Waals surface area contributed by atoms with E-state index in [0.29, 0.717) is 19.8 Å². The van der Waals surface area contributed by atoms with Crippen molar-refractivity contribution in [2.45, 2.75) is 6.54 Å². The zero-order valence-corrected chi connectivity index (χ0v) is 13.6. The first kappa shape index (κ1) is 15.5. The van der Waals surface area contributed by atoms with Crippen molar-refractivity contribution in [3.63, 3.8) is 0 Å². The largest absolute Gasteiger partial charge is 0.491 e. The second kappa shape index (κ2) is 9.13. The Bertz CT molecular complexity index is 490. The summed E-state index contributed by atoms with van der Waals surface area (Å²) in [6.45, 7) is 3.63. The highest BCUT2D eigenvalue weighted by molar-refractivity contribution is 9.10. The van der Waals surface area contributed by atoms with E-state index in [9.17, 15) is 0 Å². The number of ether oxygens (including phenoxy) is 2. The van der Waals surface area contributed by atoms with Crippen molar-refractivity contribution in [2.75, 3.05) is 26.4 Å². The van der Waals surface area contributed by atoms with Crippen molar-refractivity contribution < 1.29 is 9.47 Å². The highest BCUT2D eigenvalue weighted by Gasteiger charge is 1.97. The van der Waals surface area contributed by atoms with Gasteiger partial charge in [0, 0.05) is 27.8 Å². The number of rotatable bonds is 9. The van der Waals surface area contributed by atoms with E-state index in [1.165, 1.54) is 4.88 Å². The lowest BCUT2D eigenvalue weighted by Gasteiger charge is -2.07. The molecule has 20 heavy (non-hydrogen) atoms. The predicted molar refractivity (Wildman–Crippen MR) is 86.5 cm³/mol. The van der Waals surface area contributed by atoms with E-state index in [1.807, 2.05) is 30.3 Å². The molecular weight excluding hydrogens is 338 g/mol. The van der Waals surface area contributed by atoms with Gasteiger partial charge in [-0.25, -0.2) is 0 Å². The molecule has 0 spiro atoms. The second-order valence-electron chi connectivity index (χ2n) is 4.18. The van der Waals surface area contributed by atoms with E-state index < -0.39 is 0 Å². The van der Waals surface area contributed by atoms with Gasteiger partial charge in [0.25, 0.3) is 0 Å². The summed E-state index contributed by atoms with van der Waals surface area (Å²) >= 11 is 5.20. The summed E-state index contributed by atoms with van der Waals surface area (Å²) in [6.07, 6.45) is 0. The van der Waals surface area contributed by atoms with Crippen LogP contribution >= 0.6 is 27.3 Å². The molecule has 0 aliphatic rings. The summed E-state index contributed by atoms with van der Waals surface area (Å²) in [4.78, 5) is 1.32. The van der Waals surface area contributed by atoms with E-state index >= 15 is 0 Å². The van der Waals surface area contributed by atoms with Crippen LogP contribution < -0.4 is 10.1 Å². The summed E-state index contributed by atoms with van der Waals surface area (Å²) in [5.74, 6) is 0.887. The summed E-state index contributed by atoms with van der Waals surface area (Å²) in [7, 11) is 0. The fourth-order valence-electron chi connectivity index (χ4n) is 1.64. The molecule has 0 saturated heterocycles. The van der Waals surface area contributed by atoms with E-state index in [2.05, 4.69) is 32.7 Å². The zero-order chi connectivity index (χ0) is 14.0.